The summed E-state index contributed by atoms with van der Waals surface area (Å²) in [5.41, 5.74) is 6.68. The lowest BCUT2D eigenvalue weighted by Gasteiger charge is -2.11. The van der Waals surface area contributed by atoms with E-state index in [9.17, 15) is 0 Å². The van der Waals surface area contributed by atoms with Crippen molar-refractivity contribution in [2.24, 2.45) is 0 Å². The van der Waals surface area contributed by atoms with E-state index in [2.05, 4.69) is 34.0 Å². The number of thiophene rings is 1. The molecule has 3 nitrogen and oxygen atoms in total. The van der Waals surface area contributed by atoms with Crippen molar-refractivity contribution in [1.82, 2.24) is 9.78 Å². The third-order valence-corrected chi connectivity index (χ3v) is 4.68. The maximum absolute atomic E-state index is 6.02. The fourth-order valence-corrected chi connectivity index (χ4v) is 3.10. The SMILES string of the molecule is Cc1nn(C(C)c2ccc(Br)s2)c(N)c1Cl. The zero-order valence-electron chi connectivity index (χ0n) is 8.87. The van der Waals surface area contributed by atoms with Gasteiger partial charge in [0.05, 0.1) is 15.5 Å². The molecule has 2 N–H and O–H groups in total. The molecular formula is C10H11BrClN3S. The van der Waals surface area contributed by atoms with Crippen LogP contribution in [-0.4, -0.2) is 9.78 Å². The van der Waals surface area contributed by atoms with Crippen LogP contribution in [0.5, 0.6) is 0 Å². The monoisotopic (exact) mass is 319 g/mol. The van der Waals surface area contributed by atoms with E-state index in [1.807, 2.05) is 13.0 Å². The molecule has 0 saturated heterocycles. The van der Waals surface area contributed by atoms with Gasteiger partial charge in [0, 0.05) is 4.88 Å². The van der Waals surface area contributed by atoms with Gasteiger partial charge in [-0.05, 0) is 41.9 Å². The quantitative estimate of drug-likeness (QED) is 0.913. The fourth-order valence-electron chi connectivity index (χ4n) is 1.51. The summed E-state index contributed by atoms with van der Waals surface area (Å²) in [5.74, 6) is 0.524. The molecule has 2 aromatic rings. The van der Waals surface area contributed by atoms with Crippen molar-refractivity contribution in [3.05, 3.63) is 31.5 Å². The lowest BCUT2D eigenvalue weighted by Crippen LogP contribution is -2.10. The molecule has 1 atom stereocenters. The molecule has 0 aromatic carbocycles. The predicted octanol–water partition coefficient (Wildman–Crippen LogP) is 3.86. The highest BCUT2D eigenvalue weighted by Crippen LogP contribution is 2.32. The Morgan fingerprint density at radius 2 is 2.25 bits per heavy atom. The molecule has 0 spiro atoms. The summed E-state index contributed by atoms with van der Waals surface area (Å²) in [4.78, 5) is 1.19. The van der Waals surface area contributed by atoms with Gasteiger partial charge in [-0.2, -0.15) is 5.10 Å². The van der Waals surface area contributed by atoms with Gasteiger partial charge in [-0.1, -0.05) is 11.6 Å². The molecule has 0 aliphatic heterocycles. The first-order chi connectivity index (χ1) is 7.50. The molecule has 2 rings (SSSR count). The highest BCUT2D eigenvalue weighted by atomic mass is 79.9. The van der Waals surface area contributed by atoms with E-state index >= 15 is 0 Å². The summed E-state index contributed by atoms with van der Waals surface area (Å²) in [6.45, 7) is 3.91. The maximum Gasteiger partial charge on any atom is 0.141 e. The second-order valence-electron chi connectivity index (χ2n) is 3.55. The van der Waals surface area contributed by atoms with Gasteiger partial charge < -0.3 is 5.73 Å². The molecule has 0 saturated carbocycles. The molecule has 0 amide bonds. The van der Waals surface area contributed by atoms with Crippen molar-refractivity contribution < 1.29 is 0 Å². The predicted molar refractivity (Wildman–Crippen MR) is 72.2 cm³/mol. The number of nitrogens with zero attached hydrogens (tertiary/aromatic N) is 2. The van der Waals surface area contributed by atoms with Gasteiger partial charge in [-0.3, -0.25) is 0 Å². The highest BCUT2D eigenvalue weighted by molar-refractivity contribution is 9.11. The summed E-state index contributed by atoms with van der Waals surface area (Å²) >= 11 is 11.1. The van der Waals surface area contributed by atoms with E-state index in [-0.39, 0.29) is 6.04 Å². The van der Waals surface area contributed by atoms with Crippen LogP contribution in [-0.2, 0) is 0 Å². The molecule has 0 aliphatic rings. The minimum Gasteiger partial charge on any atom is -0.383 e. The summed E-state index contributed by atoms with van der Waals surface area (Å²) in [5, 5.41) is 4.89. The van der Waals surface area contributed by atoms with Gasteiger partial charge in [0.15, 0.2) is 0 Å². The number of hydrogen-bond acceptors (Lipinski definition) is 3. The number of aryl methyl sites for hydroxylation is 1. The van der Waals surface area contributed by atoms with Crippen LogP contribution in [0.1, 0.15) is 23.5 Å². The normalized spacial score (nSPS) is 13.0. The number of nitrogens with two attached hydrogens (primary N) is 1. The number of anilines is 1. The van der Waals surface area contributed by atoms with Crippen LogP contribution in [0.25, 0.3) is 0 Å². The second-order valence-corrected chi connectivity index (χ2v) is 6.42. The van der Waals surface area contributed by atoms with Crippen LogP contribution in [0.4, 0.5) is 5.82 Å². The van der Waals surface area contributed by atoms with Gasteiger partial charge in [0.1, 0.15) is 10.8 Å². The fraction of sp³-hybridized carbons (Fsp3) is 0.300. The van der Waals surface area contributed by atoms with Crippen LogP contribution in [0.3, 0.4) is 0 Å². The molecule has 0 bridgehead atoms. The first kappa shape index (κ1) is 12.0. The Hall–Kier alpha value is -0.520. The number of hydrogen-bond donors (Lipinski definition) is 1. The second kappa shape index (κ2) is 4.39. The van der Waals surface area contributed by atoms with Crippen LogP contribution in [0, 0.1) is 6.92 Å². The molecule has 0 radical (unpaired) electrons. The third-order valence-electron chi connectivity index (χ3n) is 2.42. The van der Waals surface area contributed by atoms with E-state index in [0.29, 0.717) is 10.8 Å². The zero-order valence-corrected chi connectivity index (χ0v) is 12.0. The van der Waals surface area contributed by atoms with E-state index in [1.54, 1.807) is 16.0 Å². The summed E-state index contributed by atoms with van der Waals surface area (Å²) in [7, 11) is 0. The van der Waals surface area contributed by atoms with E-state index in [1.165, 1.54) is 4.88 Å². The molecule has 86 valence electrons. The molecule has 16 heavy (non-hydrogen) atoms. The van der Waals surface area contributed by atoms with Crippen LogP contribution in [0.15, 0.2) is 15.9 Å². The van der Waals surface area contributed by atoms with Crippen molar-refractivity contribution in [2.75, 3.05) is 5.73 Å². The Morgan fingerprint density at radius 3 is 2.69 bits per heavy atom. The molecule has 2 aromatic heterocycles. The van der Waals surface area contributed by atoms with Crippen LogP contribution in [0.2, 0.25) is 5.02 Å². The van der Waals surface area contributed by atoms with Crippen molar-refractivity contribution in [2.45, 2.75) is 19.9 Å². The molecule has 2 heterocycles. The van der Waals surface area contributed by atoms with Crippen molar-refractivity contribution in [3.63, 3.8) is 0 Å². The largest absolute Gasteiger partial charge is 0.383 e. The van der Waals surface area contributed by atoms with Crippen molar-refractivity contribution >= 4 is 44.7 Å². The Labute approximate surface area is 111 Å². The average Bonchev–Trinajstić information content (AvgIpc) is 2.78. The summed E-state index contributed by atoms with van der Waals surface area (Å²) < 4.78 is 2.86. The number of aromatic nitrogens is 2. The highest BCUT2D eigenvalue weighted by Gasteiger charge is 2.17. The third kappa shape index (κ3) is 1.99. The Balaban J connectivity index is 2.41. The van der Waals surface area contributed by atoms with E-state index in [0.717, 1.165) is 9.48 Å². The Morgan fingerprint density at radius 1 is 1.56 bits per heavy atom. The topological polar surface area (TPSA) is 43.8 Å². The molecule has 6 heteroatoms. The van der Waals surface area contributed by atoms with Crippen molar-refractivity contribution in [3.8, 4) is 0 Å². The molecule has 0 aliphatic carbocycles. The van der Waals surface area contributed by atoms with Gasteiger partial charge in [0.2, 0.25) is 0 Å². The van der Waals surface area contributed by atoms with Crippen LogP contribution >= 0.6 is 38.9 Å². The van der Waals surface area contributed by atoms with E-state index < -0.39 is 0 Å². The first-order valence-electron chi connectivity index (χ1n) is 4.76. The zero-order chi connectivity index (χ0) is 11.9. The minimum atomic E-state index is 0.0995. The van der Waals surface area contributed by atoms with Gasteiger partial charge >= 0.3 is 0 Å². The molecule has 0 fully saturated rings. The summed E-state index contributed by atoms with van der Waals surface area (Å²) in [6.07, 6.45) is 0. The molecular weight excluding hydrogens is 310 g/mol. The van der Waals surface area contributed by atoms with Gasteiger partial charge in [-0.25, -0.2) is 4.68 Å². The Bertz CT molecular complexity index is 520. The average molecular weight is 321 g/mol. The lowest BCUT2D eigenvalue weighted by molar-refractivity contribution is 0.577. The number of halogens is 2. The first-order valence-corrected chi connectivity index (χ1v) is 6.74. The lowest BCUT2D eigenvalue weighted by atomic mass is 10.3. The van der Waals surface area contributed by atoms with E-state index in [4.69, 9.17) is 17.3 Å². The minimum absolute atomic E-state index is 0.0995. The Kier molecular flexibility index (Phi) is 3.28. The molecule has 1 unspecified atom stereocenters. The van der Waals surface area contributed by atoms with Gasteiger partial charge in [-0.15, -0.1) is 11.3 Å². The van der Waals surface area contributed by atoms with Crippen molar-refractivity contribution in [1.29, 1.82) is 0 Å². The van der Waals surface area contributed by atoms with Crippen LogP contribution < -0.4 is 5.73 Å². The maximum atomic E-state index is 6.02. The standard InChI is InChI=1S/C10H11BrClN3S/c1-5-9(12)10(13)15(14-5)6(2)7-3-4-8(11)16-7/h3-4,6H,13H2,1-2H3. The number of rotatable bonds is 2. The number of nitrogen functional groups attached to an aromatic ring is 1. The summed E-state index contributed by atoms with van der Waals surface area (Å²) in [6, 6.07) is 4.18. The smallest absolute Gasteiger partial charge is 0.141 e. The van der Waals surface area contributed by atoms with Gasteiger partial charge in [0.25, 0.3) is 0 Å².